The van der Waals surface area contributed by atoms with Crippen LogP contribution in [-0.4, -0.2) is 9.13 Å². The molecule has 0 aliphatic rings. The largest absolute Gasteiger partial charge is 0.311 e. The Kier molecular flexibility index (Phi) is 19.3. The third-order valence-electron chi connectivity index (χ3n) is 24.4. The van der Waals surface area contributed by atoms with E-state index in [1.54, 1.807) is 0 Å². The number of benzene rings is 20. The van der Waals surface area contributed by atoms with Crippen LogP contribution in [-0.2, 0) is 6.42 Å². The number of unbranched alkanes of at least 4 members (excludes halogenated alkanes) is 1. The molecule has 2 aromatic heterocycles. The Morgan fingerprint density at radius 3 is 0.777 bits per heavy atom. The Hall–Kier alpha value is -15.4. The zero-order valence-corrected chi connectivity index (χ0v) is 67.6. The Morgan fingerprint density at radius 1 is 0.198 bits per heavy atom. The van der Waals surface area contributed by atoms with E-state index in [0.717, 1.165) is 40.5 Å². The number of rotatable bonds is 17. The van der Waals surface area contributed by atoms with Gasteiger partial charge in [-0.15, -0.1) is 0 Å². The molecule has 0 aliphatic heterocycles. The highest BCUT2D eigenvalue weighted by atomic mass is 15.1. The Labute approximate surface area is 706 Å². The maximum absolute atomic E-state index is 2.42. The van der Waals surface area contributed by atoms with Crippen molar-refractivity contribution < 1.29 is 0 Å². The summed E-state index contributed by atoms with van der Waals surface area (Å²) in [7, 11) is 0. The summed E-state index contributed by atoms with van der Waals surface area (Å²) in [5.74, 6) is 0. The molecule has 0 spiro atoms. The predicted octanol–water partition coefficient (Wildman–Crippen LogP) is 32.8. The third-order valence-corrected chi connectivity index (χ3v) is 24.4. The zero-order chi connectivity index (χ0) is 80.7. The average molecular weight is 1550 g/mol. The number of para-hydroxylation sites is 4. The van der Waals surface area contributed by atoms with Crippen molar-refractivity contribution in [2.75, 3.05) is 9.80 Å². The van der Waals surface area contributed by atoms with Crippen LogP contribution in [0, 0.1) is 6.92 Å². The number of aromatic nitrogens is 2. The second-order valence-electron chi connectivity index (χ2n) is 31.7. The molecule has 574 valence electrons. The van der Waals surface area contributed by atoms with Gasteiger partial charge in [0.1, 0.15) is 0 Å². The van der Waals surface area contributed by atoms with Crippen LogP contribution < -0.4 is 9.80 Å². The summed E-state index contributed by atoms with van der Waals surface area (Å²) in [6.07, 6.45) is 3.49. The summed E-state index contributed by atoms with van der Waals surface area (Å²) in [6.45, 7) is 4.44. The molecule has 0 bridgehead atoms. The molecule has 0 radical (unpaired) electrons. The molecule has 0 saturated heterocycles. The van der Waals surface area contributed by atoms with Gasteiger partial charge in [-0.05, 0) is 281 Å². The summed E-state index contributed by atoms with van der Waals surface area (Å²) < 4.78 is 4.79. The SMILES string of the molecule is CCCCc1ccc2c(c1)c1cc(-c3ccc(N(c4ccccc4)c4ccc(-c5c6ccccc6c(-c6ccccc6)c6ccccc56)cc4)cc3)ccc1n2-c1ccccc1.Cc1ccc2c(c1)c1cc(-c3ccc(N(c4ccccc4)c4ccc(-c5c6ccccc6c(-c6ccccc6)c6ccccc56)cc4)cc3)ccc1n2-c1ccccc1. The van der Waals surface area contributed by atoms with E-state index in [2.05, 4.69) is 482 Å². The minimum atomic E-state index is 1.10. The van der Waals surface area contributed by atoms with Crippen LogP contribution >= 0.6 is 0 Å². The smallest absolute Gasteiger partial charge is 0.0541 e. The standard InChI is InChI=1S/C60H46N2.C57H40N2/c1-2-3-17-42-28-38-57-55(40-42)56-41-46(33-39-58(56)62(57)48-22-11-6-12-23-48)43-29-34-49(35-30-43)61(47-20-9-5-10-21-47)50-36-31-45(32-37-50)60-53-26-15-13-24-51(53)59(44-18-7-4-8-19-44)52-25-14-16-27-54(52)60;1-39-25-35-54-52(37-39)53-38-43(30-36-55(53)59(54)45-19-9-4-10-20-45)40-26-31-46(32-27-40)58(44-17-7-3-8-18-44)47-33-28-42(29-34-47)57-50-23-13-11-21-48(50)56(41-15-5-2-6-16-41)49-22-12-14-24-51(49)57/h4-16,18-41H,2-3,17H2,1H3;2-38H,1H3. The van der Waals surface area contributed by atoms with Crippen molar-refractivity contribution in [1.29, 1.82) is 0 Å². The Balaban J connectivity index is 0.000000150. The van der Waals surface area contributed by atoms with Crippen LogP contribution in [0.4, 0.5) is 34.1 Å². The van der Waals surface area contributed by atoms with E-state index >= 15 is 0 Å². The molecule has 0 unspecified atom stereocenters. The summed E-state index contributed by atoms with van der Waals surface area (Å²) in [5.41, 5.74) is 31.3. The minimum absolute atomic E-state index is 1.10. The van der Waals surface area contributed by atoms with Gasteiger partial charge >= 0.3 is 0 Å². The molecule has 2 heterocycles. The lowest BCUT2D eigenvalue weighted by Crippen LogP contribution is -2.09. The second kappa shape index (κ2) is 31.9. The predicted molar refractivity (Wildman–Crippen MR) is 517 cm³/mol. The van der Waals surface area contributed by atoms with Gasteiger partial charge in [0, 0.05) is 67.0 Å². The van der Waals surface area contributed by atoms with E-state index in [9.17, 15) is 0 Å². The molecule has 0 fully saturated rings. The van der Waals surface area contributed by atoms with Gasteiger partial charge in [-0.1, -0.05) is 322 Å². The first-order valence-electron chi connectivity index (χ1n) is 42.3. The van der Waals surface area contributed by atoms with E-state index in [1.807, 2.05) is 0 Å². The summed E-state index contributed by atoms with van der Waals surface area (Å²) in [5, 5.41) is 15.2. The van der Waals surface area contributed by atoms with Gasteiger partial charge < -0.3 is 18.9 Å². The van der Waals surface area contributed by atoms with E-state index < -0.39 is 0 Å². The first-order chi connectivity index (χ1) is 59.9. The molecule has 0 amide bonds. The molecule has 4 heteroatoms. The summed E-state index contributed by atoms with van der Waals surface area (Å²) in [6, 6.07) is 164. The lowest BCUT2D eigenvalue weighted by Gasteiger charge is -2.26. The third kappa shape index (κ3) is 13.6. The highest BCUT2D eigenvalue weighted by molar-refractivity contribution is 6.23. The fourth-order valence-electron chi connectivity index (χ4n) is 18.7. The molecule has 0 N–H and O–H groups in total. The van der Waals surface area contributed by atoms with Crippen molar-refractivity contribution in [3.63, 3.8) is 0 Å². The van der Waals surface area contributed by atoms with Gasteiger partial charge in [0.15, 0.2) is 0 Å². The molecule has 22 aromatic rings. The number of aryl methyl sites for hydroxylation is 2. The molecule has 0 aliphatic carbocycles. The quantitative estimate of drug-likeness (QED) is 0.0845. The fraction of sp³-hybridized carbons (Fsp3) is 0.0427. The van der Waals surface area contributed by atoms with Gasteiger partial charge in [-0.2, -0.15) is 0 Å². The van der Waals surface area contributed by atoms with E-state index in [-0.39, 0.29) is 0 Å². The molecular weight excluding hydrogens is 1460 g/mol. The monoisotopic (exact) mass is 1550 g/mol. The first kappa shape index (κ1) is 73.3. The van der Waals surface area contributed by atoms with Crippen LogP contribution in [0.15, 0.2) is 449 Å². The molecule has 121 heavy (non-hydrogen) atoms. The zero-order valence-electron chi connectivity index (χ0n) is 67.6. The van der Waals surface area contributed by atoms with Gasteiger partial charge in [0.2, 0.25) is 0 Å². The van der Waals surface area contributed by atoms with Gasteiger partial charge in [-0.3, -0.25) is 0 Å². The molecule has 22 rings (SSSR count). The number of anilines is 6. The van der Waals surface area contributed by atoms with Gasteiger partial charge in [0.05, 0.1) is 22.1 Å². The Bertz CT molecular complexity index is 7440. The number of hydrogen-bond acceptors (Lipinski definition) is 2. The molecule has 0 atom stereocenters. The van der Waals surface area contributed by atoms with Crippen LogP contribution in [0.5, 0.6) is 0 Å². The van der Waals surface area contributed by atoms with Crippen molar-refractivity contribution >= 4 is 121 Å². The van der Waals surface area contributed by atoms with Crippen molar-refractivity contribution in [3.8, 4) is 78.1 Å². The topological polar surface area (TPSA) is 16.3 Å². The highest BCUT2D eigenvalue weighted by Crippen LogP contribution is 2.49. The number of hydrogen-bond donors (Lipinski definition) is 0. The van der Waals surface area contributed by atoms with Gasteiger partial charge in [0.25, 0.3) is 0 Å². The van der Waals surface area contributed by atoms with E-state index in [4.69, 9.17) is 0 Å². The van der Waals surface area contributed by atoms with Crippen LogP contribution in [0.2, 0.25) is 0 Å². The lowest BCUT2D eigenvalue weighted by molar-refractivity contribution is 0.796. The van der Waals surface area contributed by atoms with Crippen LogP contribution in [0.1, 0.15) is 30.9 Å². The molecular formula is C117H86N4. The normalized spacial score (nSPS) is 11.5. The van der Waals surface area contributed by atoms with Crippen molar-refractivity contribution in [2.24, 2.45) is 0 Å². The lowest BCUT2D eigenvalue weighted by atomic mass is 9.86. The Morgan fingerprint density at radius 2 is 0.446 bits per heavy atom. The van der Waals surface area contributed by atoms with Crippen LogP contribution in [0.3, 0.4) is 0 Å². The average Bonchev–Trinajstić information content (AvgIpc) is 1.73. The number of fused-ring (bicyclic) bond motifs is 10. The number of nitrogens with zero attached hydrogens (tertiary/aromatic N) is 4. The first-order valence-corrected chi connectivity index (χ1v) is 42.3. The summed E-state index contributed by atoms with van der Waals surface area (Å²) >= 11 is 0. The molecule has 0 saturated carbocycles. The van der Waals surface area contributed by atoms with E-state index in [1.165, 1.54) is 189 Å². The maximum Gasteiger partial charge on any atom is 0.0541 e. The fourth-order valence-corrected chi connectivity index (χ4v) is 18.7. The molecule has 4 nitrogen and oxygen atoms in total. The minimum Gasteiger partial charge on any atom is -0.311 e. The van der Waals surface area contributed by atoms with E-state index in [0.29, 0.717) is 0 Å². The highest BCUT2D eigenvalue weighted by Gasteiger charge is 2.24. The molecule has 20 aromatic carbocycles. The van der Waals surface area contributed by atoms with Crippen molar-refractivity contribution in [1.82, 2.24) is 9.13 Å². The van der Waals surface area contributed by atoms with Crippen molar-refractivity contribution in [3.05, 3.63) is 460 Å². The van der Waals surface area contributed by atoms with Crippen LogP contribution in [0.25, 0.3) is 165 Å². The summed E-state index contributed by atoms with van der Waals surface area (Å²) in [4.78, 5) is 4.71. The maximum atomic E-state index is 2.42. The van der Waals surface area contributed by atoms with Gasteiger partial charge in [-0.25, -0.2) is 0 Å². The second-order valence-corrected chi connectivity index (χ2v) is 31.7. The van der Waals surface area contributed by atoms with Crippen molar-refractivity contribution in [2.45, 2.75) is 33.1 Å².